The number of fused-ring (bicyclic) bond motifs is 3. The summed E-state index contributed by atoms with van der Waals surface area (Å²) < 4.78 is 5.83. The lowest BCUT2D eigenvalue weighted by molar-refractivity contribution is 0.0925. The molecule has 5 rings (SSSR count). The molecule has 4 nitrogen and oxygen atoms in total. The Kier molecular flexibility index (Phi) is 5.24. The molecular weight excluding hydrogens is 372 g/mol. The van der Waals surface area contributed by atoms with Crippen molar-refractivity contribution in [1.82, 2.24) is 10.2 Å². The van der Waals surface area contributed by atoms with Crippen molar-refractivity contribution in [2.45, 2.75) is 32.4 Å². The third kappa shape index (κ3) is 3.96. The lowest BCUT2D eigenvalue weighted by Gasteiger charge is -2.26. The summed E-state index contributed by atoms with van der Waals surface area (Å²) in [5.41, 5.74) is 3.15. The minimum atomic E-state index is -0.184. The summed E-state index contributed by atoms with van der Waals surface area (Å²) >= 11 is 0. The molecule has 1 fully saturated rings. The topological polar surface area (TPSA) is 45.5 Å². The van der Waals surface area contributed by atoms with Gasteiger partial charge in [-0.3, -0.25) is 9.69 Å². The maximum atomic E-state index is 12.7. The zero-order valence-electron chi connectivity index (χ0n) is 17.1. The number of hydrogen-bond donors (Lipinski definition) is 1. The Balaban J connectivity index is 1.28. The summed E-state index contributed by atoms with van der Waals surface area (Å²) in [5, 5.41) is 6.22. The number of nitrogens with one attached hydrogen (secondary N) is 1. The van der Waals surface area contributed by atoms with E-state index in [-0.39, 0.29) is 5.91 Å². The Morgan fingerprint density at radius 3 is 2.60 bits per heavy atom. The third-order valence-corrected chi connectivity index (χ3v) is 5.95. The number of furan rings is 1. The second-order valence-corrected chi connectivity index (χ2v) is 8.15. The van der Waals surface area contributed by atoms with Gasteiger partial charge in [-0.15, -0.1) is 0 Å². The van der Waals surface area contributed by atoms with E-state index < -0.39 is 0 Å². The fourth-order valence-electron chi connectivity index (χ4n) is 4.39. The Bertz CT molecular complexity index is 1190. The van der Waals surface area contributed by atoms with Gasteiger partial charge in [-0.05, 0) is 60.0 Å². The van der Waals surface area contributed by atoms with Crippen molar-refractivity contribution in [3.63, 3.8) is 0 Å². The Labute approximate surface area is 176 Å². The van der Waals surface area contributed by atoms with Crippen LogP contribution < -0.4 is 5.32 Å². The highest BCUT2D eigenvalue weighted by atomic mass is 16.3. The first-order valence-corrected chi connectivity index (χ1v) is 10.8. The molecule has 0 bridgehead atoms. The van der Waals surface area contributed by atoms with Crippen LogP contribution in [0.15, 0.2) is 71.1 Å². The van der Waals surface area contributed by atoms with E-state index in [1.807, 2.05) is 30.3 Å². The standard InChI is InChI=1S/C26H26N2O2/c29-26(25-16-23-22-10-3-2-9-21(22)11-12-24(23)30-25)27-17-19-7-6-8-20(15-19)18-28-13-4-1-5-14-28/h2-3,6-12,15-16H,1,4-5,13-14,17-18H2,(H,27,29). The third-order valence-electron chi connectivity index (χ3n) is 5.95. The molecule has 4 heteroatoms. The van der Waals surface area contributed by atoms with Crippen LogP contribution in [0, 0.1) is 0 Å². The molecule has 1 saturated heterocycles. The molecule has 1 aliphatic heterocycles. The molecule has 0 unspecified atom stereocenters. The first kappa shape index (κ1) is 18.9. The Morgan fingerprint density at radius 1 is 0.867 bits per heavy atom. The van der Waals surface area contributed by atoms with Crippen molar-refractivity contribution in [1.29, 1.82) is 0 Å². The summed E-state index contributed by atoms with van der Waals surface area (Å²) in [6.07, 6.45) is 3.94. The number of rotatable bonds is 5. The fraction of sp³-hybridized carbons (Fsp3) is 0.269. The number of carbonyl (C=O) groups is 1. The summed E-state index contributed by atoms with van der Waals surface area (Å²) in [6.45, 7) is 3.84. The number of carbonyl (C=O) groups excluding carboxylic acids is 1. The fourth-order valence-corrected chi connectivity index (χ4v) is 4.39. The molecule has 1 aliphatic rings. The molecule has 0 spiro atoms. The van der Waals surface area contributed by atoms with Crippen molar-refractivity contribution < 1.29 is 9.21 Å². The molecule has 0 aliphatic carbocycles. The molecule has 1 amide bonds. The molecular formula is C26H26N2O2. The molecule has 30 heavy (non-hydrogen) atoms. The molecule has 4 aromatic rings. The van der Waals surface area contributed by atoms with Crippen molar-refractivity contribution in [2.24, 2.45) is 0 Å². The van der Waals surface area contributed by atoms with Gasteiger partial charge in [-0.2, -0.15) is 0 Å². The molecule has 2 heterocycles. The first-order chi connectivity index (χ1) is 14.8. The van der Waals surface area contributed by atoms with Gasteiger partial charge in [0.25, 0.3) is 5.91 Å². The van der Waals surface area contributed by atoms with Gasteiger partial charge in [0.15, 0.2) is 5.76 Å². The van der Waals surface area contributed by atoms with Crippen LogP contribution in [0.25, 0.3) is 21.7 Å². The maximum Gasteiger partial charge on any atom is 0.287 e. The second kappa shape index (κ2) is 8.33. The van der Waals surface area contributed by atoms with Crippen molar-refractivity contribution in [3.05, 3.63) is 83.6 Å². The highest BCUT2D eigenvalue weighted by Crippen LogP contribution is 2.28. The van der Waals surface area contributed by atoms with Crippen LogP contribution in [0.4, 0.5) is 0 Å². The molecule has 0 saturated carbocycles. The lowest BCUT2D eigenvalue weighted by atomic mass is 10.1. The van der Waals surface area contributed by atoms with Gasteiger partial charge in [-0.25, -0.2) is 0 Å². The van der Waals surface area contributed by atoms with Gasteiger partial charge in [0.2, 0.25) is 0 Å². The molecule has 0 atom stereocenters. The SMILES string of the molecule is O=C(NCc1cccc(CN2CCCCC2)c1)c1cc2c(ccc3ccccc32)o1. The van der Waals surface area contributed by atoms with Gasteiger partial charge in [0, 0.05) is 18.5 Å². The number of piperidine rings is 1. The summed E-state index contributed by atoms with van der Waals surface area (Å²) in [5.74, 6) is 0.169. The largest absolute Gasteiger partial charge is 0.451 e. The number of amides is 1. The molecule has 152 valence electrons. The Hall–Kier alpha value is -3.11. The summed E-state index contributed by atoms with van der Waals surface area (Å²) in [6, 6.07) is 22.5. The van der Waals surface area contributed by atoms with E-state index >= 15 is 0 Å². The Morgan fingerprint density at radius 2 is 1.70 bits per heavy atom. The van der Waals surface area contributed by atoms with E-state index in [0.717, 1.165) is 33.8 Å². The zero-order valence-corrected chi connectivity index (χ0v) is 17.1. The number of likely N-dealkylation sites (tertiary alicyclic amines) is 1. The minimum Gasteiger partial charge on any atom is -0.451 e. The van der Waals surface area contributed by atoms with Crippen molar-refractivity contribution in [2.75, 3.05) is 13.1 Å². The number of benzene rings is 3. The van der Waals surface area contributed by atoms with E-state index in [1.54, 1.807) is 0 Å². The monoisotopic (exact) mass is 398 g/mol. The van der Waals surface area contributed by atoms with Gasteiger partial charge < -0.3 is 9.73 Å². The minimum absolute atomic E-state index is 0.184. The average molecular weight is 399 g/mol. The van der Waals surface area contributed by atoms with E-state index in [0.29, 0.717) is 12.3 Å². The highest BCUT2D eigenvalue weighted by Gasteiger charge is 2.14. The van der Waals surface area contributed by atoms with E-state index in [2.05, 4.69) is 46.6 Å². The normalized spacial score (nSPS) is 14.9. The van der Waals surface area contributed by atoms with Crippen LogP contribution in [-0.2, 0) is 13.1 Å². The van der Waals surface area contributed by atoms with Crippen LogP contribution in [0.1, 0.15) is 40.9 Å². The molecule has 0 radical (unpaired) electrons. The van der Waals surface area contributed by atoms with E-state index in [4.69, 9.17) is 4.42 Å². The zero-order chi connectivity index (χ0) is 20.3. The van der Waals surface area contributed by atoms with Crippen LogP contribution >= 0.6 is 0 Å². The average Bonchev–Trinajstić information content (AvgIpc) is 3.24. The van der Waals surface area contributed by atoms with Gasteiger partial charge in [-0.1, -0.05) is 61.0 Å². The second-order valence-electron chi connectivity index (χ2n) is 8.15. The number of nitrogens with zero attached hydrogens (tertiary/aromatic N) is 1. The van der Waals surface area contributed by atoms with Gasteiger partial charge in [0.1, 0.15) is 5.58 Å². The smallest absolute Gasteiger partial charge is 0.287 e. The molecule has 1 aromatic heterocycles. The molecule has 3 aromatic carbocycles. The molecule has 1 N–H and O–H groups in total. The van der Waals surface area contributed by atoms with Crippen LogP contribution in [0.5, 0.6) is 0 Å². The van der Waals surface area contributed by atoms with E-state index in [1.165, 1.54) is 37.9 Å². The van der Waals surface area contributed by atoms with Crippen LogP contribution in [0.3, 0.4) is 0 Å². The predicted molar refractivity (Wildman–Crippen MR) is 120 cm³/mol. The van der Waals surface area contributed by atoms with E-state index in [9.17, 15) is 4.79 Å². The van der Waals surface area contributed by atoms with Crippen molar-refractivity contribution >= 4 is 27.6 Å². The quantitative estimate of drug-likeness (QED) is 0.483. The van der Waals surface area contributed by atoms with Crippen LogP contribution in [-0.4, -0.2) is 23.9 Å². The van der Waals surface area contributed by atoms with Gasteiger partial charge in [0.05, 0.1) is 0 Å². The van der Waals surface area contributed by atoms with Gasteiger partial charge >= 0.3 is 0 Å². The number of hydrogen-bond acceptors (Lipinski definition) is 3. The summed E-state index contributed by atoms with van der Waals surface area (Å²) in [4.78, 5) is 15.2. The predicted octanol–water partition coefficient (Wildman–Crippen LogP) is 5.50. The first-order valence-electron chi connectivity index (χ1n) is 10.8. The van der Waals surface area contributed by atoms with Crippen LogP contribution in [0.2, 0.25) is 0 Å². The highest BCUT2D eigenvalue weighted by molar-refractivity contribution is 6.08. The van der Waals surface area contributed by atoms with Crippen molar-refractivity contribution in [3.8, 4) is 0 Å². The maximum absolute atomic E-state index is 12.7. The lowest BCUT2D eigenvalue weighted by Crippen LogP contribution is -2.29. The summed E-state index contributed by atoms with van der Waals surface area (Å²) in [7, 11) is 0.